The highest BCUT2D eigenvalue weighted by Crippen LogP contribution is 2.09. The quantitative estimate of drug-likeness (QED) is 0.645. The van der Waals surface area contributed by atoms with Crippen molar-refractivity contribution in [3.63, 3.8) is 0 Å². The van der Waals surface area contributed by atoms with E-state index in [4.69, 9.17) is 0 Å². The molecule has 0 amide bonds. The monoisotopic (exact) mass is 253 g/mol. The van der Waals surface area contributed by atoms with Gasteiger partial charge in [0, 0.05) is 32.1 Å². The normalized spacial score (nSPS) is 11.9. The first-order chi connectivity index (χ1) is 8.13. The fourth-order valence-corrected chi connectivity index (χ4v) is 2.22. The Bertz CT molecular complexity index is 330. The maximum atomic E-state index is 4.29. The molecule has 0 spiro atoms. The zero-order chi connectivity index (χ0) is 12.7. The number of nitrogens with zero attached hydrogens (tertiary/aromatic N) is 2. The maximum absolute atomic E-state index is 4.29. The molecule has 1 N–H and O–H groups in total. The summed E-state index contributed by atoms with van der Waals surface area (Å²) in [6.45, 7) is 6.37. The van der Waals surface area contributed by atoms with Gasteiger partial charge in [-0.2, -0.15) is 0 Å². The molecule has 0 aromatic carbocycles. The second-order valence-electron chi connectivity index (χ2n) is 4.57. The van der Waals surface area contributed by atoms with Gasteiger partial charge in [0.15, 0.2) is 5.96 Å². The number of thiophene rings is 1. The minimum absolute atomic E-state index is 0.637. The highest BCUT2D eigenvalue weighted by molar-refractivity contribution is 7.09. The van der Waals surface area contributed by atoms with Crippen LogP contribution in [0.2, 0.25) is 0 Å². The van der Waals surface area contributed by atoms with E-state index in [1.165, 1.54) is 4.88 Å². The Hall–Kier alpha value is -1.03. The number of rotatable bonds is 5. The van der Waals surface area contributed by atoms with E-state index in [1.807, 2.05) is 18.4 Å². The minimum Gasteiger partial charge on any atom is -0.356 e. The van der Waals surface area contributed by atoms with Gasteiger partial charge >= 0.3 is 0 Å². The van der Waals surface area contributed by atoms with Gasteiger partial charge in [0.2, 0.25) is 0 Å². The van der Waals surface area contributed by atoms with Crippen LogP contribution in [0.1, 0.15) is 18.7 Å². The van der Waals surface area contributed by atoms with Gasteiger partial charge in [-0.15, -0.1) is 11.3 Å². The fourth-order valence-electron chi connectivity index (χ4n) is 1.52. The lowest BCUT2D eigenvalue weighted by Gasteiger charge is -2.22. The van der Waals surface area contributed by atoms with Gasteiger partial charge in [0.25, 0.3) is 0 Å². The zero-order valence-electron chi connectivity index (χ0n) is 11.2. The molecule has 4 heteroatoms. The highest BCUT2D eigenvalue weighted by atomic mass is 32.1. The van der Waals surface area contributed by atoms with Gasteiger partial charge in [-0.1, -0.05) is 19.9 Å². The van der Waals surface area contributed by atoms with Crippen LogP contribution in [0, 0.1) is 5.92 Å². The topological polar surface area (TPSA) is 27.6 Å². The molecule has 0 atom stereocenters. The van der Waals surface area contributed by atoms with E-state index >= 15 is 0 Å². The molecule has 0 unspecified atom stereocenters. The molecule has 0 saturated heterocycles. The van der Waals surface area contributed by atoms with Crippen molar-refractivity contribution in [2.75, 3.05) is 27.2 Å². The minimum atomic E-state index is 0.637. The van der Waals surface area contributed by atoms with Crippen LogP contribution in [-0.4, -0.2) is 38.0 Å². The van der Waals surface area contributed by atoms with Gasteiger partial charge < -0.3 is 10.2 Å². The third-order valence-corrected chi connectivity index (χ3v) is 3.45. The number of nitrogens with one attached hydrogen (secondary N) is 1. The van der Waals surface area contributed by atoms with Crippen LogP contribution in [0.3, 0.4) is 0 Å². The van der Waals surface area contributed by atoms with Crippen molar-refractivity contribution < 1.29 is 0 Å². The van der Waals surface area contributed by atoms with Gasteiger partial charge in [-0.05, 0) is 23.8 Å². The summed E-state index contributed by atoms with van der Waals surface area (Å²) in [5.74, 6) is 1.62. The van der Waals surface area contributed by atoms with Crippen LogP contribution >= 0.6 is 11.3 Å². The first-order valence-corrected chi connectivity index (χ1v) is 6.95. The van der Waals surface area contributed by atoms with Crippen LogP contribution in [0.5, 0.6) is 0 Å². The Morgan fingerprint density at radius 2 is 2.29 bits per heavy atom. The molecule has 0 aliphatic heterocycles. The fraction of sp³-hybridized carbons (Fsp3) is 0.615. The Morgan fingerprint density at radius 1 is 1.53 bits per heavy atom. The number of likely N-dealkylation sites (N-methyl/N-ethyl adjacent to an activating group) is 1. The molecular formula is C13H23N3S. The largest absolute Gasteiger partial charge is 0.356 e. The van der Waals surface area contributed by atoms with E-state index in [1.54, 1.807) is 0 Å². The Labute approximate surface area is 109 Å². The zero-order valence-corrected chi connectivity index (χ0v) is 12.0. The van der Waals surface area contributed by atoms with E-state index in [9.17, 15) is 0 Å². The molecular weight excluding hydrogens is 230 g/mol. The van der Waals surface area contributed by atoms with Crippen molar-refractivity contribution in [1.29, 1.82) is 0 Å². The Balaban J connectivity index is 2.36. The van der Waals surface area contributed by atoms with E-state index in [2.05, 4.69) is 53.6 Å². The van der Waals surface area contributed by atoms with Crippen LogP contribution in [0.15, 0.2) is 22.5 Å². The third-order valence-electron chi connectivity index (χ3n) is 2.52. The number of hydrogen-bond donors (Lipinski definition) is 1. The highest BCUT2D eigenvalue weighted by Gasteiger charge is 2.06. The lowest BCUT2D eigenvalue weighted by Crippen LogP contribution is -2.41. The molecule has 3 nitrogen and oxygen atoms in total. The molecule has 0 aliphatic rings. The average molecular weight is 253 g/mol. The average Bonchev–Trinajstić information content (AvgIpc) is 2.79. The third kappa shape index (κ3) is 5.22. The summed E-state index contributed by atoms with van der Waals surface area (Å²) in [5, 5.41) is 5.50. The lowest BCUT2D eigenvalue weighted by atomic mass is 10.2. The van der Waals surface area contributed by atoms with Crippen molar-refractivity contribution in [2.24, 2.45) is 10.9 Å². The Kier molecular flexibility index (Phi) is 6.05. The number of guanidine groups is 1. The van der Waals surface area contributed by atoms with Crippen LogP contribution in [0.4, 0.5) is 0 Å². The molecule has 0 radical (unpaired) electrons. The molecule has 0 aliphatic carbocycles. The Morgan fingerprint density at radius 3 is 2.82 bits per heavy atom. The molecule has 1 rings (SSSR count). The molecule has 96 valence electrons. The molecule has 0 saturated carbocycles. The summed E-state index contributed by atoms with van der Waals surface area (Å²) < 4.78 is 0. The molecule has 1 aromatic rings. The van der Waals surface area contributed by atoms with Crippen molar-refractivity contribution in [3.8, 4) is 0 Å². The molecule has 1 heterocycles. The smallest absolute Gasteiger partial charge is 0.193 e. The predicted molar refractivity (Wildman–Crippen MR) is 76.9 cm³/mol. The van der Waals surface area contributed by atoms with Crippen LogP contribution in [-0.2, 0) is 6.42 Å². The van der Waals surface area contributed by atoms with Crippen molar-refractivity contribution in [1.82, 2.24) is 10.2 Å². The molecule has 0 fully saturated rings. The maximum Gasteiger partial charge on any atom is 0.193 e. The van der Waals surface area contributed by atoms with Gasteiger partial charge in [-0.25, -0.2) is 0 Å². The second kappa shape index (κ2) is 7.33. The molecule has 1 aromatic heterocycles. The van der Waals surface area contributed by atoms with Gasteiger partial charge in [-0.3, -0.25) is 4.99 Å². The standard InChI is InChI=1S/C13H23N3S/c1-11(2)10-15-13(14-3)16(4)8-7-12-6-5-9-17-12/h5-6,9,11H,7-8,10H2,1-4H3,(H,14,15). The van der Waals surface area contributed by atoms with E-state index in [0.29, 0.717) is 5.92 Å². The summed E-state index contributed by atoms with van der Waals surface area (Å²) in [7, 11) is 3.92. The first-order valence-electron chi connectivity index (χ1n) is 6.07. The van der Waals surface area contributed by atoms with E-state index in [0.717, 1.165) is 25.5 Å². The van der Waals surface area contributed by atoms with E-state index in [-0.39, 0.29) is 0 Å². The summed E-state index contributed by atoms with van der Waals surface area (Å²) in [6, 6.07) is 4.29. The summed E-state index contributed by atoms with van der Waals surface area (Å²) in [4.78, 5) is 7.90. The van der Waals surface area contributed by atoms with E-state index < -0.39 is 0 Å². The predicted octanol–water partition coefficient (Wildman–Crippen LogP) is 2.45. The molecule has 0 bridgehead atoms. The number of hydrogen-bond acceptors (Lipinski definition) is 2. The molecule has 17 heavy (non-hydrogen) atoms. The van der Waals surface area contributed by atoms with Crippen LogP contribution < -0.4 is 5.32 Å². The second-order valence-corrected chi connectivity index (χ2v) is 5.61. The van der Waals surface area contributed by atoms with Crippen molar-refractivity contribution in [3.05, 3.63) is 22.4 Å². The van der Waals surface area contributed by atoms with Gasteiger partial charge in [0.1, 0.15) is 0 Å². The van der Waals surface area contributed by atoms with Gasteiger partial charge in [0.05, 0.1) is 0 Å². The summed E-state index contributed by atoms with van der Waals surface area (Å²) in [5.41, 5.74) is 0. The van der Waals surface area contributed by atoms with Crippen molar-refractivity contribution >= 4 is 17.3 Å². The SMILES string of the molecule is CN=C(NCC(C)C)N(C)CCc1cccs1. The first kappa shape index (κ1) is 14.0. The van der Waals surface area contributed by atoms with Crippen LogP contribution in [0.25, 0.3) is 0 Å². The number of aliphatic imine (C=N–C) groups is 1. The lowest BCUT2D eigenvalue weighted by molar-refractivity contribution is 0.477. The summed E-state index contributed by atoms with van der Waals surface area (Å²) >= 11 is 1.82. The summed E-state index contributed by atoms with van der Waals surface area (Å²) in [6.07, 6.45) is 1.08. The van der Waals surface area contributed by atoms with Crippen molar-refractivity contribution in [2.45, 2.75) is 20.3 Å².